The lowest BCUT2D eigenvalue weighted by molar-refractivity contribution is 0.384. The molecule has 0 aliphatic carbocycles. The van der Waals surface area contributed by atoms with Gasteiger partial charge in [0.1, 0.15) is 5.82 Å². The largest absolute Gasteiger partial charge is 0.332 e. The van der Waals surface area contributed by atoms with Gasteiger partial charge in [-0.05, 0) is 25.7 Å². The summed E-state index contributed by atoms with van der Waals surface area (Å²) >= 11 is 0. The van der Waals surface area contributed by atoms with E-state index in [1.165, 1.54) is 128 Å². The molecule has 0 radical (unpaired) electrons. The average molecular weight is 447 g/mol. The van der Waals surface area contributed by atoms with E-state index < -0.39 is 0 Å². The minimum absolute atomic E-state index is 0.581. The fourth-order valence-corrected chi connectivity index (χ4v) is 5.13. The first-order valence-corrected chi connectivity index (χ1v) is 14.6. The van der Waals surface area contributed by atoms with E-state index in [0.29, 0.717) is 17.9 Å². The average Bonchev–Trinajstić information content (AvgIpc) is 3.26. The molecule has 0 aliphatic rings. The van der Waals surface area contributed by atoms with Gasteiger partial charge in [0, 0.05) is 24.4 Å². The van der Waals surface area contributed by atoms with Crippen molar-refractivity contribution in [3.8, 4) is 0 Å². The maximum atomic E-state index is 4.82. The Morgan fingerprint density at radius 1 is 0.625 bits per heavy atom. The van der Waals surface area contributed by atoms with Crippen molar-refractivity contribution in [2.24, 2.45) is 5.92 Å². The summed E-state index contributed by atoms with van der Waals surface area (Å²) in [5, 5.41) is 0. The number of hydrogen-bond acceptors (Lipinski definition) is 1. The fraction of sp³-hybridized carbons (Fsp3) is 0.900. The third-order valence-corrected chi connectivity index (χ3v) is 7.40. The minimum Gasteiger partial charge on any atom is -0.332 e. The van der Waals surface area contributed by atoms with Gasteiger partial charge in [-0.2, -0.15) is 0 Å². The van der Waals surface area contributed by atoms with Crippen molar-refractivity contribution in [3.05, 3.63) is 18.2 Å². The van der Waals surface area contributed by atoms with Gasteiger partial charge >= 0.3 is 0 Å². The number of aromatic nitrogens is 2. The molecule has 0 bridgehead atoms. The van der Waals surface area contributed by atoms with Crippen LogP contribution in [0.2, 0.25) is 0 Å². The lowest BCUT2D eigenvalue weighted by atomic mass is 9.89. The van der Waals surface area contributed by atoms with Gasteiger partial charge in [-0.1, -0.05) is 137 Å². The van der Waals surface area contributed by atoms with Crippen LogP contribution in [0.25, 0.3) is 0 Å². The minimum atomic E-state index is 0.581. The van der Waals surface area contributed by atoms with Crippen LogP contribution in [0.15, 0.2) is 12.4 Å². The summed E-state index contributed by atoms with van der Waals surface area (Å²) in [6.45, 7) is 11.7. The van der Waals surface area contributed by atoms with Crippen molar-refractivity contribution in [2.45, 2.75) is 169 Å². The lowest BCUT2D eigenvalue weighted by Crippen LogP contribution is -2.16. The molecular formula is C30H58N2. The van der Waals surface area contributed by atoms with E-state index in [4.69, 9.17) is 4.98 Å². The quantitative estimate of drug-likeness (QED) is 0.162. The molecule has 0 aromatic carbocycles. The fourth-order valence-electron chi connectivity index (χ4n) is 5.13. The van der Waals surface area contributed by atoms with Crippen LogP contribution in [-0.2, 0) is 0 Å². The van der Waals surface area contributed by atoms with Crippen LogP contribution in [0, 0.1) is 5.92 Å². The van der Waals surface area contributed by atoms with E-state index in [-0.39, 0.29) is 0 Å². The molecule has 32 heavy (non-hydrogen) atoms. The Balaban J connectivity index is 2.14. The molecule has 0 fully saturated rings. The number of rotatable bonds is 22. The Morgan fingerprint density at radius 3 is 1.56 bits per heavy atom. The van der Waals surface area contributed by atoms with Crippen LogP contribution < -0.4 is 0 Å². The van der Waals surface area contributed by atoms with Gasteiger partial charge in [-0.3, -0.25) is 0 Å². The molecule has 2 heteroatoms. The molecule has 2 nitrogen and oxygen atoms in total. The van der Waals surface area contributed by atoms with Gasteiger partial charge in [-0.15, -0.1) is 0 Å². The first-order valence-electron chi connectivity index (χ1n) is 14.6. The first-order chi connectivity index (χ1) is 15.6. The molecule has 0 amide bonds. The standard InChI is InChI=1S/C30H58N2/c1-6-8-10-11-12-13-14-15-16-17-18-19-20-22-23-28(5)32-26-25-31-30(32)29(27(3)4)24-21-9-7-2/h25-29H,6-24H2,1-5H3. The molecule has 1 aromatic heterocycles. The van der Waals surface area contributed by atoms with Crippen LogP contribution in [0.4, 0.5) is 0 Å². The Kier molecular flexibility index (Phi) is 18.0. The molecule has 2 atom stereocenters. The van der Waals surface area contributed by atoms with E-state index >= 15 is 0 Å². The highest BCUT2D eigenvalue weighted by molar-refractivity contribution is 5.03. The van der Waals surface area contributed by atoms with Crippen molar-refractivity contribution < 1.29 is 0 Å². The van der Waals surface area contributed by atoms with E-state index in [1.54, 1.807) is 0 Å². The van der Waals surface area contributed by atoms with Crippen molar-refractivity contribution >= 4 is 0 Å². The predicted octanol–water partition coefficient (Wildman–Crippen LogP) is 10.6. The van der Waals surface area contributed by atoms with Crippen molar-refractivity contribution in [3.63, 3.8) is 0 Å². The van der Waals surface area contributed by atoms with E-state index in [0.717, 1.165) is 0 Å². The molecular weight excluding hydrogens is 388 g/mol. The third-order valence-electron chi connectivity index (χ3n) is 7.40. The third kappa shape index (κ3) is 13.0. The second kappa shape index (κ2) is 19.7. The van der Waals surface area contributed by atoms with Gasteiger partial charge in [0.05, 0.1) is 0 Å². The highest BCUT2D eigenvalue weighted by atomic mass is 15.1. The number of unbranched alkanes of at least 4 members (excludes halogenated alkanes) is 15. The first kappa shape index (κ1) is 29.2. The SMILES string of the molecule is CCCCCCCCCCCCCCCCC(C)n1ccnc1C(CCCCC)C(C)C. The van der Waals surface area contributed by atoms with Crippen LogP contribution >= 0.6 is 0 Å². The highest BCUT2D eigenvalue weighted by Crippen LogP contribution is 2.31. The van der Waals surface area contributed by atoms with Crippen LogP contribution in [0.3, 0.4) is 0 Å². The molecule has 0 saturated carbocycles. The van der Waals surface area contributed by atoms with Gasteiger partial charge in [-0.25, -0.2) is 4.98 Å². The van der Waals surface area contributed by atoms with E-state index in [2.05, 4.69) is 45.4 Å². The maximum Gasteiger partial charge on any atom is 0.112 e. The van der Waals surface area contributed by atoms with Gasteiger partial charge in [0.25, 0.3) is 0 Å². The molecule has 188 valence electrons. The summed E-state index contributed by atoms with van der Waals surface area (Å²) in [5.74, 6) is 2.62. The summed E-state index contributed by atoms with van der Waals surface area (Å²) in [4.78, 5) is 4.82. The molecule has 0 aliphatic heterocycles. The summed E-state index contributed by atoms with van der Waals surface area (Å²) < 4.78 is 2.50. The summed E-state index contributed by atoms with van der Waals surface area (Å²) in [6, 6.07) is 0.581. The molecule has 2 unspecified atom stereocenters. The zero-order valence-electron chi connectivity index (χ0n) is 22.7. The van der Waals surface area contributed by atoms with Crippen LogP contribution in [0.1, 0.15) is 174 Å². The summed E-state index contributed by atoms with van der Waals surface area (Å²) in [6.07, 6.45) is 30.9. The number of imidazole rings is 1. The molecule has 1 heterocycles. The topological polar surface area (TPSA) is 17.8 Å². The molecule has 0 N–H and O–H groups in total. The molecule has 1 aromatic rings. The second-order valence-corrected chi connectivity index (χ2v) is 10.8. The number of nitrogens with zero attached hydrogens (tertiary/aromatic N) is 2. The van der Waals surface area contributed by atoms with Crippen molar-refractivity contribution in [2.75, 3.05) is 0 Å². The maximum absolute atomic E-state index is 4.82. The summed E-state index contributed by atoms with van der Waals surface area (Å²) in [5.41, 5.74) is 0. The smallest absolute Gasteiger partial charge is 0.112 e. The van der Waals surface area contributed by atoms with Crippen molar-refractivity contribution in [1.82, 2.24) is 9.55 Å². The Morgan fingerprint density at radius 2 is 1.06 bits per heavy atom. The van der Waals surface area contributed by atoms with E-state index in [9.17, 15) is 0 Å². The zero-order valence-corrected chi connectivity index (χ0v) is 22.7. The Labute approximate surface area is 202 Å². The zero-order chi connectivity index (χ0) is 23.4. The lowest BCUT2D eigenvalue weighted by Gasteiger charge is -2.25. The summed E-state index contributed by atoms with van der Waals surface area (Å²) in [7, 11) is 0. The monoisotopic (exact) mass is 446 g/mol. The predicted molar refractivity (Wildman–Crippen MR) is 144 cm³/mol. The Hall–Kier alpha value is -0.790. The highest BCUT2D eigenvalue weighted by Gasteiger charge is 2.22. The van der Waals surface area contributed by atoms with Crippen LogP contribution in [0.5, 0.6) is 0 Å². The van der Waals surface area contributed by atoms with Gasteiger partial charge in [0.15, 0.2) is 0 Å². The second-order valence-electron chi connectivity index (χ2n) is 10.8. The van der Waals surface area contributed by atoms with Gasteiger partial charge < -0.3 is 4.57 Å². The molecule has 0 spiro atoms. The van der Waals surface area contributed by atoms with Crippen molar-refractivity contribution in [1.29, 1.82) is 0 Å². The van der Waals surface area contributed by atoms with E-state index in [1.807, 2.05) is 6.20 Å². The van der Waals surface area contributed by atoms with Gasteiger partial charge in [0.2, 0.25) is 0 Å². The van der Waals surface area contributed by atoms with Crippen LogP contribution in [-0.4, -0.2) is 9.55 Å². The Bertz CT molecular complexity index is 519. The molecule has 0 saturated heterocycles. The molecule has 1 rings (SSSR count). The number of hydrogen-bond donors (Lipinski definition) is 0. The normalized spacial score (nSPS) is 13.7.